The lowest BCUT2D eigenvalue weighted by molar-refractivity contribution is -0.165. The molecule has 0 amide bonds. The lowest BCUT2D eigenvalue weighted by Crippen LogP contribution is -2.68. The zero-order valence-corrected chi connectivity index (χ0v) is 22.3. The van der Waals surface area contributed by atoms with Gasteiger partial charge in [-0.3, -0.25) is 0 Å². The second-order valence-corrected chi connectivity index (χ2v) is 16.0. The van der Waals surface area contributed by atoms with Gasteiger partial charge in [-0.25, -0.2) is 0 Å². The zero-order chi connectivity index (χ0) is 22.1. The number of halogens is 1. The molecule has 166 valence electrons. The molecule has 2 aromatic carbocycles. The van der Waals surface area contributed by atoms with Crippen LogP contribution >= 0.6 is 22.6 Å². The molecule has 0 N–H and O–H groups in total. The van der Waals surface area contributed by atoms with Crippen molar-refractivity contribution in [3.05, 3.63) is 60.7 Å². The van der Waals surface area contributed by atoms with Crippen LogP contribution in [0, 0.1) is 11.3 Å². The first-order chi connectivity index (χ1) is 14.6. The molecule has 3 aliphatic rings. The van der Waals surface area contributed by atoms with Crippen LogP contribution in [0.15, 0.2) is 60.7 Å². The minimum Gasteiger partial charge on any atom is -0.401 e. The first kappa shape index (κ1) is 22.1. The molecule has 2 saturated carbocycles. The lowest BCUT2D eigenvalue weighted by atomic mass is 10.0. The molecule has 0 spiro atoms. The van der Waals surface area contributed by atoms with E-state index in [4.69, 9.17) is 13.9 Å². The molecule has 1 aliphatic heterocycles. The van der Waals surface area contributed by atoms with Gasteiger partial charge in [-0.05, 0) is 41.6 Å². The van der Waals surface area contributed by atoms with Gasteiger partial charge >= 0.3 is 0 Å². The van der Waals surface area contributed by atoms with Crippen LogP contribution in [0.2, 0.25) is 5.04 Å². The molecule has 1 heterocycles. The van der Waals surface area contributed by atoms with E-state index in [1.54, 1.807) is 0 Å². The van der Waals surface area contributed by atoms with Gasteiger partial charge in [0, 0.05) is 9.84 Å². The Morgan fingerprint density at radius 3 is 2.00 bits per heavy atom. The molecule has 5 heteroatoms. The highest BCUT2D eigenvalue weighted by Gasteiger charge is 2.76. The second kappa shape index (κ2) is 7.39. The molecule has 0 radical (unpaired) electrons. The number of ether oxygens (including phenoxy) is 2. The summed E-state index contributed by atoms with van der Waals surface area (Å²) in [5.74, 6) is -0.0356. The number of hydrogen-bond acceptors (Lipinski definition) is 3. The fourth-order valence-corrected chi connectivity index (χ4v) is 12.1. The number of alkyl halides is 1. The van der Waals surface area contributed by atoms with E-state index in [0.717, 1.165) is 4.43 Å². The Morgan fingerprint density at radius 1 is 0.968 bits per heavy atom. The van der Waals surface area contributed by atoms with Gasteiger partial charge in [-0.1, -0.05) is 104 Å². The molecule has 2 aromatic rings. The Bertz CT molecular complexity index is 903. The van der Waals surface area contributed by atoms with E-state index >= 15 is 0 Å². The van der Waals surface area contributed by atoms with Crippen molar-refractivity contribution in [2.24, 2.45) is 11.3 Å². The summed E-state index contributed by atoms with van der Waals surface area (Å²) in [7, 11) is -2.62. The van der Waals surface area contributed by atoms with Gasteiger partial charge in [0.15, 0.2) is 5.79 Å². The summed E-state index contributed by atoms with van der Waals surface area (Å²) in [4.78, 5) is 0. The molecule has 0 bridgehead atoms. The van der Waals surface area contributed by atoms with Crippen LogP contribution in [0.25, 0.3) is 0 Å². The van der Waals surface area contributed by atoms with Gasteiger partial charge in [0.1, 0.15) is 6.10 Å². The molecule has 2 aliphatic carbocycles. The summed E-state index contributed by atoms with van der Waals surface area (Å²) in [6.07, 6.45) is 1.38. The lowest BCUT2D eigenvalue weighted by Gasteiger charge is -2.45. The van der Waals surface area contributed by atoms with Gasteiger partial charge in [0.05, 0.1) is 12.2 Å². The number of rotatable bonds is 5. The monoisotopic (exact) mass is 548 g/mol. The maximum Gasteiger partial charge on any atom is 0.261 e. The smallest absolute Gasteiger partial charge is 0.261 e. The molecule has 31 heavy (non-hydrogen) atoms. The summed E-state index contributed by atoms with van der Waals surface area (Å²) < 4.78 is 21.6. The molecule has 3 fully saturated rings. The highest BCUT2D eigenvalue weighted by atomic mass is 127. The first-order valence-corrected chi connectivity index (χ1v) is 14.8. The molecule has 1 unspecified atom stereocenters. The molecule has 1 saturated heterocycles. The van der Waals surface area contributed by atoms with E-state index < -0.39 is 14.1 Å². The van der Waals surface area contributed by atoms with E-state index in [0.29, 0.717) is 5.92 Å². The van der Waals surface area contributed by atoms with E-state index in [1.165, 1.54) is 16.8 Å². The van der Waals surface area contributed by atoms with Crippen LogP contribution in [0.4, 0.5) is 0 Å². The summed E-state index contributed by atoms with van der Waals surface area (Å²) >= 11 is 2.54. The van der Waals surface area contributed by atoms with Crippen molar-refractivity contribution < 1.29 is 13.9 Å². The van der Waals surface area contributed by atoms with Crippen molar-refractivity contribution in [1.82, 2.24) is 0 Å². The van der Waals surface area contributed by atoms with Crippen molar-refractivity contribution >= 4 is 41.3 Å². The van der Waals surface area contributed by atoms with Crippen molar-refractivity contribution in [3.8, 4) is 0 Å². The number of hydrogen-bond donors (Lipinski definition) is 0. The third kappa shape index (κ3) is 3.29. The van der Waals surface area contributed by atoms with Crippen LogP contribution in [0.5, 0.6) is 0 Å². The van der Waals surface area contributed by atoms with Crippen molar-refractivity contribution in [2.45, 2.75) is 70.2 Å². The van der Waals surface area contributed by atoms with Crippen LogP contribution < -0.4 is 10.4 Å². The Morgan fingerprint density at radius 2 is 1.52 bits per heavy atom. The summed E-state index contributed by atoms with van der Waals surface area (Å²) in [5.41, 5.74) is 0.203. The van der Waals surface area contributed by atoms with Crippen LogP contribution in [0.1, 0.15) is 41.0 Å². The van der Waals surface area contributed by atoms with Crippen LogP contribution in [-0.2, 0) is 13.9 Å². The van der Waals surface area contributed by atoms with E-state index in [1.807, 2.05) is 13.8 Å². The Hall–Kier alpha value is -0.733. The highest BCUT2D eigenvalue weighted by Crippen LogP contribution is 2.69. The normalized spacial score (nSPS) is 33.7. The molecule has 5 rings (SSSR count). The Labute approximate surface area is 201 Å². The Kier molecular flexibility index (Phi) is 5.26. The van der Waals surface area contributed by atoms with Crippen LogP contribution in [-0.4, -0.2) is 36.8 Å². The minimum atomic E-state index is -2.62. The van der Waals surface area contributed by atoms with E-state index in [2.05, 4.69) is 104 Å². The van der Waals surface area contributed by atoms with Gasteiger partial charge in [-0.2, -0.15) is 0 Å². The standard InChI is InChI=1S/C26H33IO3Si/c1-24(2,3)31(18-12-8-6-9-13-18,19-14-10-7-11-15-19)30-21-20-16-26(20,17-27)23-22(21)28-25(4,5)29-23/h6-15,20-23H,16-17H2,1-5H3/t20-,21+,22+,23+,26?/m1/s1. The maximum absolute atomic E-state index is 7.55. The third-order valence-electron chi connectivity index (χ3n) is 7.57. The Balaban J connectivity index is 1.64. The fraction of sp³-hybridized carbons (Fsp3) is 0.538. The maximum atomic E-state index is 7.55. The summed E-state index contributed by atoms with van der Waals surface area (Å²) in [6, 6.07) is 21.9. The number of fused-ring (bicyclic) bond motifs is 3. The van der Waals surface area contributed by atoms with Gasteiger partial charge in [0.25, 0.3) is 8.32 Å². The summed E-state index contributed by atoms with van der Waals surface area (Å²) in [5, 5.41) is 2.62. The SMILES string of the molecule is CC1(C)O[C@H]2[C@@H](O[Si](c3ccccc3)(c3ccccc3)C(C)(C)C)[C@H]3CC3(CI)[C@H]2O1. The third-order valence-corrected chi connectivity index (χ3v) is 14.0. The quantitative estimate of drug-likeness (QED) is 0.302. The van der Waals surface area contributed by atoms with Crippen LogP contribution in [0.3, 0.4) is 0 Å². The number of benzene rings is 2. The topological polar surface area (TPSA) is 27.7 Å². The minimum absolute atomic E-state index is 0.00478. The second-order valence-electron chi connectivity index (χ2n) is 10.9. The average Bonchev–Trinajstić information content (AvgIpc) is 3.31. The van der Waals surface area contributed by atoms with Gasteiger partial charge in [0.2, 0.25) is 0 Å². The zero-order valence-electron chi connectivity index (χ0n) is 19.1. The fourth-order valence-electron chi connectivity index (χ4n) is 6.10. The molecule has 0 aromatic heterocycles. The molecule has 5 atom stereocenters. The van der Waals surface area contributed by atoms with Crippen molar-refractivity contribution in [1.29, 1.82) is 0 Å². The molecule has 3 nitrogen and oxygen atoms in total. The van der Waals surface area contributed by atoms with Crippen molar-refractivity contribution in [2.75, 3.05) is 4.43 Å². The van der Waals surface area contributed by atoms with Gasteiger partial charge in [-0.15, -0.1) is 0 Å². The first-order valence-electron chi connectivity index (χ1n) is 11.4. The molecular weight excluding hydrogens is 515 g/mol. The predicted molar refractivity (Wildman–Crippen MR) is 136 cm³/mol. The predicted octanol–water partition coefficient (Wildman–Crippen LogP) is 4.91. The van der Waals surface area contributed by atoms with E-state index in [9.17, 15) is 0 Å². The molecular formula is C26H33IO3Si. The van der Waals surface area contributed by atoms with Gasteiger partial charge < -0.3 is 13.9 Å². The van der Waals surface area contributed by atoms with Crippen molar-refractivity contribution in [3.63, 3.8) is 0 Å². The van der Waals surface area contributed by atoms with E-state index in [-0.39, 0.29) is 28.8 Å². The highest BCUT2D eigenvalue weighted by molar-refractivity contribution is 14.1. The largest absolute Gasteiger partial charge is 0.401 e. The average molecular weight is 549 g/mol. The summed E-state index contributed by atoms with van der Waals surface area (Å²) in [6.45, 7) is 11.1.